The molecule has 0 spiro atoms. The fraction of sp³-hybridized carbons (Fsp3) is 0.667. The first kappa shape index (κ1) is 5.48. The minimum Gasteiger partial charge on any atom is -0.0964 e. The van der Waals surface area contributed by atoms with Crippen LogP contribution in [0.3, 0.4) is 0 Å². The molecule has 0 aliphatic carbocycles. The Kier molecular flexibility index (Phi) is 1.42. The van der Waals surface area contributed by atoms with Crippen LogP contribution < -0.4 is 0 Å². The zero-order chi connectivity index (χ0) is 5.98. The van der Waals surface area contributed by atoms with E-state index in [0.717, 1.165) is 17.6 Å². The Bertz CT molecular complexity index is 120. The summed E-state index contributed by atoms with van der Waals surface area (Å²) in [6.07, 6.45) is 3.74. The standard InChI is InChI=1S/C6H10NO/c1-2-6-4-3-5-7(6)8/h2,6H,1,3-5H2/q+1. The van der Waals surface area contributed by atoms with Gasteiger partial charge in [-0.25, -0.2) is 0 Å². The predicted molar refractivity (Wildman–Crippen MR) is 31.7 cm³/mol. The molecule has 0 aromatic rings. The highest BCUT2D eigenvalue weighted by molar-refractivity contribution is 4.80. The van der Waals surface area contributed by atoms with Crippen LogP contribution in [-0.4, -0.2) is 17.3 Å². The van der Waals surface area contributed by atoms with Crippen molar-refractivity contribution >= 4 is 0 Å². The zero-order valence-corrected chi connectivity index (χ0v) is 4.84. The molecular formula is C6H10NO+. The first-order valence-electron chi connectivity index (χ1n) is 2.91. The maximum atomic E-state index is 10.7. The largest absolute Gasteiger partial charge is 0.219 e. The van der Waals surface area contributed by atoms with E-state index >= 15 is 0 Å². The number of hydrogen-bond acceptors (Lipinski definition) is 1. The third kappa shape index (κ3) is 0.782. The van der Waals surface area contributed by atoms with Gasteiger partial charge < -0.3 is 0 Å². The SMILES string of the molecule is C=CC1CCC[N+]1=O. The Morgan fingerprint density at radius 2 is 2.50 bits per heavy atom. The van der Waals surface area contributed by atoms with Crippen LogP contribution in [0.2, 0.25) is 0 Å². The third-order valence-electron chi connectivity index (χ3n) is 1.52. The molecule has 0 radical (unpaired) electrons. The van der Waals surface area contributed by atoms with Gasteiger partial charge in [0.2, 0.25) is 6.04 Å². The maximum absolute atomic E-state index is 10.7. The van der Waals surface area contributed by atoms with Crippen LogP contribution >= 0.6 is 0 Å². The number of nitroso groups, excluding NO2 is 1. The van der Waals surface area contributed by atoms with Crippen molar-refractivity contribution < 1.29 is 4.76 Å². The highest BCUT2D eigenvalue weighted by Gasteiger charge is 2.27. The molecule has 0 amide bonds. The van der Waals surface area contributed by atoms with Gasteiger partial charge in [-0.1, -0.05) is 6.58 Å². The highest BCUT2D eigenvalue weighted by Crippen LogP contribution is 2.10. The fourth-order valence-electron chi connectivity index (χ4n) is 1.00. The second-order valence-electron chi connectivity index (χ2n) is 2.09. The Labute approximate surface area is 48.8 Å². The van der Waals surface area contributed by atoms with Crippen molar-refractivity contribution in [3.63, 3.8) is 0 Å². The lowest BCUT2D eigenvalue weighted by atomic mass is 10.2. The molecule has 44 valence electrons. The van der Waals surface area contributed by atoms with Gasteiger partial charge in [-0.3, -0.25) is 0 Å². The van der Waals surface area contributed by atoms with Crippen LogP contribution in [0.1, 0.15) is 12.8 Å². The van der Waals surface area contributed by atoms with Gasteiger partial charge in [-0.15, -0.1) is 0 Å². The van der Waals surface area contributed by atoms with Crippen LogP contribution in [0, 0.1) is 4.91 Å². The molecule has 1 saturated heterocycles. The molecule has 0 N–H and O–H groups in total. The topological polar surface area (TPSA) is 20.1 Å². The molecule has 1 rings (SSSR count). The molecule has 8 heavy (non-hydrogen) atoms. The molecular weight excluding hydrogens is 102 g/mol. The summed E-state index contributed by atoms with van der Waals surface area (Å²) in [4.78, 5) is 10.7. The molecule has 1 heterocycles. The Morgan fingerprint density at radius 3 is 2.75 bits per heavy atom. The first-order valence-corrected chi connectivity index (χ1v) is 2.91. The second-order valence-corrected chi connectivity index (χ2v) is 2.09. The molecule has 1 fully saturated rings. The van der Waals surface area contributed by atoms with E-state index in [0.29, 0.717) is 6.54 Å². The molecule has 1 atom stereocenters. The van der Waals surface area contributed by atoms with E-state index in [1.807, 2.05) is 0 Å². The van der Waals surface area contributed by atoms with Gasteiger partial charge in [0, 0.05) is 22.5 Å². The molecule has 0 aromatic heterocycles. The monoisotopic (exact) mass is 112 g/mol. The summed E-state index contributed by atoms with van der Waals surface area (Å²) in [6, 6.07) is 0.106. The Morgan fingerprint density at radius 1 is 1.75 bits per heavy atom. The van der Waals surface area contributed by atoms with Gasteiger partial charge in [0.1, 0.15) is 0 Å². The molecule has 1 aliphatic heterocycles. The molecule has 2 heteroatoms. The molecule has 1 unspecified atom stereocenters. The number of hydrogen-bond donors (Lipinski definition) is 0. The van der Waals surface area contributed by atoms with Crippen LogP contribution in [0.4, 0.5) is 0 Å². The van der Waals surface area contributed by atoms with Crippen molar-refractivity contribution in [2.24, 2.45) is 0 Å². The molecule has 1 aliphatic rings. The van der Waals surface area contributed by atoms with E-state index in [-0.39, 0.29) is 6.04 Å². The van der Waals surface area contributed by atoms with Crippen LogP contribution in [0.15, 0.2) is 12.7 Å². The first-order chi connectivity index (χ1) is 3.84. The fourth-order valence-corrected chi connectivity index (χ4v) is 1.00. The summed E-state index contributed by atoms with van der Waals surface area (Å²) in [5.41, 5.74) is 0. The van der Waals surface area contributed by atoms with Gasteiger partial charge in [0.15, 0.2) is 6.54 Å². The lowest BCUT2D eigenvalue weighted by Gasteiger charge is -1.86. The Balaban J connectivity index is 2.54. The van der Waals surface area contributed by atoms with Crippen LogP contribution in [0.25, 0.3) is 0 Å². The summed E-state index contributed by atoms with van der Waals surface area (Å²) in [5.74, 6) is 0. The highest BCUT2D eigenvalue weighted by atomic mass is 16.3. The Hall–Kier alpha value is -0.660. The second kappa shape index (κ2) is 2.07. The van der Waals surface area contributed by atoms with E-state index in [9.17, 15) is 4.91 Å². The van der Waals surface area contributed by atoms with E-state index in [1.165, 1.54) is 0 Å². The van der Waals surface area contributed by atoms with Crippen molar-refractivity contribution in [2.75, 3.05) is 6.54 Å². The normalized spacial score (nSPS) is 28.5. The molecule has 0 saturated carbocycles. The van der Waals surface area contributed by atoms with Crippen molar-refractivity contribution in [3.8, 4) is 0 Å². The lowest BCUT2D eigenvalue weighted by molar-refractivity contribution is -0.553. The van der Waals surface area contributed by atoms with Gasteiger partial charge in [0.25, 0.3) is 0 Å². The lowest BCUT2D eigenvalue weighted by Crippen LogP contribution is -2.12. The summed E-state index contributed by atoms with van der Waals surface area (Å²) in [5, 5.41) is 0. The van der Waals surface area contributed by atoms with Crippen molar-refractivity contribution in [3.05, 3.63) is 17.6 Å². The summed E-state index contributed by atoms with van der Waals surface area (Å²) in [7, 11) is 0. The quantitative estimate of drug-likeness (QED) is 0.367. The third-order valence-corrected chi connectivity index (χ3v) is 1.52. The van der Waals surface area contributed by atoms with Gasteiger partial charge in [0.05, 0.1) is 0 Å². The smallest absolute Gasteiger partial charge is 0.0964 e. The minimum absolute atomic E-state index is 0.106. The average Bonchev–Trinajstić information content (AvgIpc) is 2.14. The van der Waals surface area contributed by atoms with E-state index in [2.05, 4.69) is 6.58 Å². The maximum Gasteiger partial charge on any atom is 0.219 e. The van der Waals surface area contributed by atoms with E-state index in [1.54, 1.807) is 6.08 Å². The van der Waals surface area contributed by atoms with Crippen LogP contribution in [-0.2, 0) is 0 Å². The van der Waals surface area contributed by atoms with Crippen molar-refractivity contribution in [1.29, 1.82) is 0 Å². The molecule has 0 bridgehead atoms. The summed E-state index contributed by atoms with van der Waals surface area (Å²) < 4.78 is 1.09. The summed E-state index contributed by atoms with van der Waals surface area (Å²) >= 11 is 0. The number of rotatable bonds is 1. The van der Waals surface area contributed by atoms with Crippen LogP contribution in [0.5, 0.6) is 0 Å². The van der Waals surface area contributed by atoms with E-state index in [4.69, 9.17) is 0 Å². The molecule has 0 aromatic carbocycles. The van der Waals surface area contributed by atoms with Gasteiger partial charge in [-0.2, -0.15) is 0 Å². The van der Waals surface area contributed by atoms with Gasteiger partial charge in [-0.05, 0) is 6.08 Å². The predicted octanol–water partition coefficient (Wildman–Crippen LogP) is 1.11. The zero-order valence-electron chi connectivity index (χ0n) is 4.84. The van der Waals surface area contributed by atoms with Crippen molar-refractivity contribution in [1.82, 2.24) is 0 Å². The number of nitrogens with zero attached hydrogens (tertiary/aromatic N) is 1. The molecule has 2 nitrogen and oxygen atoms in total. The van der Waals surface area contributed by atoms with Crippen molar-refractivity contribution in [2.45, 2.75) is 18.9 Å². The van der Waals surface area contributed by atoms with E-state index < -0.39 is 0 Å². The minimum atomic E-state index is 0.106. The summed E-state index contributed by atoms with van der Waals surface area (Å²) in [6.45, 7) is 4.24. The van der Waals surface area contributed by atoms with Gasteiger partial charge >= 0.3 is 0 Å². The average molecular weight is 112 g/mol.